The molecule has 0 heterocycles. The fourth-order valence-electron chi connectivity index (χ4n) is 2.37. The molecular weight excluding hydrogens is 314 g/mol. The zero-order valence-electron chi connectivity index (χ0n) is 15.5. The lowest BCUT2D eigenvalue weighted by Gasteiger charge is -2.19. The first-order valence-corrected chi connectivity index (χ1v) is 8.64. The monoisotopic (exact) mass is 341 g/mol. The molecule has 1 amide bonds. The number of aryl methyl sites for hydroxylation is 1. The van der Waals surface area contributed by atoms with Crippen LogP contribution in [-0.4, -0.2) is 19.3 Å². The van der Waals surface area contributed by atoms with Crippen LogP contribution in [0.15, 0.2) is 48.5 Å². The summed E-state index contributed by atoms with van der Waals surface area (Å²) in [4.78, 5) is 11.8. The summed E-state index contributed by atoms with van der Waals surface area (Å²) in [6, 6.07) is 15.7. The summed E-state index contributed by atoms with van der Waals surface area (Å²) in [6.45, 7) is 9.10. The average Bonchev–Trinajstić information content (AvgIpc) is 2.58. The van der Waals surface area contributed by atoms with Crippen molar-refractivity contribution >= 4 is 11.8 Å². The number of hydrogen-bond acceptors (Lipinski definition) is 3. The van der Waals surface area contributed by atoms with E-state index < -0.39 is 6.09 Å². The minimum absolute atomic E-state index is 0.120. The number of hydrogen-bond donors (Lipinski definition) is 1. The van der Waals surface area contributed by atoms with Gasteiger partial charge in [-0.25, -0.2) is 4.79 Å². The van der Waals surface area contributed by atoms with Crippen LogP contribution in [0.25, 0.3) is 0 Å². The first kappa shape index (κ1) is 18.8. The van der Waals surface area contributed by atoms with Gasteiger partial charge < -0.3 is 9.47 Å². The standard InChI is InChI=1S/C21H27NO3/c1-5-16-7-6-8-18(15-16)22-20(23)25-14-13-24-19-11-9-17(10-12-19)21(2,3)4/h6-12,15H,5,13-14H2,1-4H3,(H,22,23). The van der Waals surface area contributed by atoms with Crippen LogP contribution < -0.4 is 10.1 Å². The summed E-state index contributed by atoms with van der Waals surface area (Å²) in [6.07, 6.45) is 0.451. The third-order valence-corrected chi connectivity index (χ3v) is 3.89. The summed E-state index contributed by atoms with van der Waals surface area (Å²) in [5.41, 5.74) is 3.28. The number of amides is 1. The molecule has 0 aromatic heterocycles. The van der Waals surface area contributed by atoms with E-state index in [1.165, 1.54) is 11.1 Å². The minimum Gasteiger partial charge on any atom is -0.490 e. The van der Waals surface area contributed by atoms with E-state index in [1.807, 2.05) is 36.4 Å². The largest absolute Gasteiger partial charge is 0.490 e. The van der Waals surface area contributed by atoms with E-state index in [0.29, 0.717) is 6.61 Å². The van der Waals surface area contributed by atoms with E-state index >= 15 is 0 Å². The molecule has 25 heavy (non-hydrogen) atoms. The molecular formula is C21H27NO3. The van der Waals surface area contributed by atoms with Crippen LogP contribution in [-0.2, 0) is 16.6 Å². The Bertz CT molecular complexity index is 687. The lowest BCUT2D eigenvalue weighted by molar-refractivity contribution is 0.138. The van der Waals surface area contributed by atoms with E-state index in [1.54, 1.807) is 0 Å². The molecule has 0 atom stereocenters. The summed E-state index contributed by atoms with van der Waals surface area (Å²) >= 11 is 0. The smallest absolute Gasteiger partial charge is 0.411 e. The second kappa shape index (κ2) is 8.56. The quantitative estimate of drug-likeness (QED) is 0.737. The van der Waals surface area contributed by atoms with Crippen LogP contribution in [0.5, 0.6) is 5.75 Å². The number of benzene rings is 2. The van der Waals surface area contributed by atoms with E-state index in [2.05, 4.69) is 45.1 Å². The van der Waals surface area contributed by atoms with Crippen molar-refractivity contribution in [2.75, 3.05) is 18.5 Å². The predicted octanol–water partition coefficient (Wildman–Crippen LogP) is 5.17. The van der Waals surface area contributed by atoms with Gasteiger partial charge in [0.15, 0.2) is 0 Å². The molecule has 0 aliphatic carbocycles. The Morgan fingerprint density at radius 2 is 1.76 bits per heavy atom. The van der Waals surface area contributed by atoms with Gasteiger partial charge in [0.2, 0.25) is 0 Å². The molecule has 2 aromatic carbocycles. The van der Waals surface area contributed by atoms with E-state index in [-0.39, 0.29) is 12.0 Å². The maximum Gasteiger partial charge on any atom is 0.411 e. The van der Waals surface area contributed by atoms with Crippen LogP contribution in [0.4, 0.5) is 10.5 Å². The summed E-state index contributed by atoms with van der Waals surface area (Å²) in [5.74, 6) is 0.771. The first-order chi connectivity index (χ1) is 11.9. The Morgan fingerprint density at radius 1 is 1.04 bits per heavy atom. The number of anilines is 1. The van der Waals surface area contributed by atoms with Crippen LogP contribution in [0.3, 0.4) is 0 Å². The fraction of sp³-hybridized carbons (Fsp3) is 0.381. The lowest BCUT2D eigenvalue weighted by atomic mass is 9.87. The van der Waals surface area contributed by atoms with Crippen molar-refractivity contribution in [3.8, 4) is 5.75 Å². The van der Waals surface area contributed by atoms with Gasteiger partial charge in [-0.1, -0.05) is 52.0 Å². The molecule has 0 fully saturated rings. The number of nitrogens with one attached hydrogen (secondary N) is 1. The molecule has 0 unspecified atom stereocenters. The second-order valence-corrected chi connectivity index (χ2v) is 6.94. The molecule has 2 rings (SSSR count). The first-order valence-electron chi connectivity index (χ1n) is 8.64. The summed E-state index contributed by atoms with van der Waals surface area (Å²) < 4.78 is 10.7. The lowest BCUT2D eigenvalue weighted by Crippen LogP contribution is -2.17. The highest BCUT2D eigenvalue weighted by molar-refractivity contribution is 5.84. The SMILES string of the molecule is CCc1cccc(NC(=O)OCCOc2ccc(C(C)(C)C)cc2)c1. The van der Waals surface area contributed by atoms with Crippen molar-refractivity contribution < 1.29 is 14.3 Å². The van der Waals surface area contributed by atoms with Gasteiger partial charge in [0.25, 0.3) is 0 Å². The van der Waals surface area contributed by atoms with Crippen molar-refractivity contribution in [1.82, 2.24) is 0 Å². The third kappa shape index (κ3) is 6.14. The fourth-order valence-corrected chi connectivity index (χ4v) is 2.37. The van der Waals surface area contributed by atoms with Crippen LogP contribution >= 0.6 is 0 Å². The molecule has 0 radical (unpaired) electrons. The highest BCUT2D eigenvalue weighted by Gasteiger charge is 2.13. The van der Waals surface area contributed by atoms with Gasteiger partial charge in [0.1, 0.15) is 19.0 Å². The molecule has 0 aliphatic rings. The third-order valence-electron chi connectivity index (χ3n) is 3.89. The molecule has 2 aromatic rings. The molecule has 4 nitrogen and oxygen atoms in total. The Labute approximate surface area is 150 Å². The van der Waals surface area contributed by atoms with Crippen molar-refractivity contribution in [2.24, 2.45) is 0 Å². The van der Waals surface area contributed by atoms with Gasteiger partial charge in [-0.2, -0.15) is 0 Å². The molecule has 4 heteroatoms. The summed E-state index contributed by atoms with van der Waals surface area (Å²) in [5, 5.41) is 2.72. The van der Waals surface area contributed by atoms with E-state index in [9.17, 15) is 4.79 Å². The van der Waals surface area contributed by atoms with Crippen LogP contribution in [0.1, 0.15) is 38.8 Å². The van der Waals surface area contributed by atoms with E-state index in [0.717, 1.165) is 17.9 Å². The molecule has 0 spiro atoms. The van der Waals surface area contributed by atoms with Crippen molar-refractivity contribution in [3.63, 3.8) is 0 Å². The Kier molecular flexibility index (Phi) is 6.45. The maximum atomic E-state index is 11.8. The van der Waals surface area contributed by atoms with Gasteiger partial charge in [0, 0.05) is 5.69 Å². The topological polar surface area (TPSA) is 47.6 Å². The number of carbonyl (C=O) groups excluding carboxylic acids is 1. The molecule has 0 bridgehead atoms. The van der Waals surface area contributed by atoms with Gasteiger partial charge in [-0.15, -0.1) is 0 Å². The van der Waals surface area contributed by atoms with Gasteiger partial charge in [-0.05, 0) is 47.2 Å². The van der Waals surface area contributed by atoms with Gasteiger partial charge in [0.05, 0.1) is 0 Å². The molecule has 0 saturated heterocycles. The highest BCUT2D eigenvalue weighted by Crippen LogP contribution is 2.24. The second-order valence-electron chi connectivity index (χ2n) is 6.94. The number of carbonyl (C=O) groups is 1. The van der Waals surface area contributed by atoms with Crippen molar-refractivity contribution in [3.05, 3.63) is 59.7 Å². The van der Waals surface area contributed by atoms with Crippen molar-refractivity contribution in [1.29, 1.82) is 0 Å². The maximum absolute atomic E-state index is 11.8. The van der Waals surface area contributed by atoms with Gasteiger partial charge in [-0.3, -0.25) is 5.32 Å². The predicted molar refractivity (Wildman–Crippen MR) is 101 cm³/mol. The normalized spacial score (nSPS) is 11.0. The summed E-state index contributed by atoms with van der Waals surface area (Å²) in [7, 11) is 0. The Morgan fingerprint density at radius 3 is 2.40 bits per heavy atom. The molecule has 134 valence electrons. The average molecular weight is 341 g/mol. The highest BCUT2D eigenvalue weighted by atomic mass is 16.6. The molecule has 0 aliphatic heterocycles. The molecule has 0 saturated carbocycles. The van der Waals surface area contributed by atoms with Crippen LogP contribution in [0, 0.1) is 0 Å². The van der Waals surface area contributed by atoms with E-state index in [4.69, 9.17) is 9.47 Å². The Balaban J connectivity index is 1.72. The number of rotatable bonds is 6. The van der Waals surface area contributed by atoms with Crippen molar-refractivity contribution in [2.45, 2.75) is 39.5 Å². The zero-order chi connectivity index (χ0) is 18.3. The van der Waals surface area contributed by atoms with Gasteiger partial charge >= 0.3 is 6.09 Å². The molecule has 1 N–H and O–H groups in total. The minimum atomic E-state index is -0.472. The van der Waals surface area contributed by atoms with Crippen LogP contribution in [0.2, 0.25) is 0 Å². The zero-order valence-corrected chi connectivity index (χ0v) is 15.5. The Hall–Kier alpha value is -2.49. The number of ether oxygens (including phenoxy) is 2.